The standard InChI is InChI=1S/C21H22ClN3/c1-15-3-2-11-25(15)12-10-16-4-7-19-17(13-16)5-8-20(24-19)18-6-9-21(22)23-14-18/h4-9,13-15H,2-3,10-12H2,1H3. The molecule has 25 heavy (non-hydrogen) atoms. The van der Waals surface area contributed by atoms with Crippen LogP contribution in [0.25, 0.3) is 22.2 Å². The number of fused-ring (bicyclic) bond motifs is 1. The molecule has 1 aliphatic rings. The summed E-state index contributed by atoms with van der Waals surface area (Å²) >= 11 is 5.86. The van der Waals surface area contributed by atoms with E-state index in [1.807, 2.05) is 6.07 Å². The number of hydrogen-bond donors (Lipinski definition) is 0. The molecule has 3 heterocycles. The van der Waals surface area contributed by atoms with Crippen molar-refractivity contribution in [3.63, 3.8) is 0 Å². The smallest absolute Gasteiger partial charge is 0.129 e. The monoisotopic (exact) mass is 351 g/mol. The molecule has 0 amide bonds. The van der Waals surface area contributed by atoms with Crippen molar-refractivity contribution in [1.29, 1.82) is 0 Å². The SMILES string of the molecule is CC1CCCN1CCc1ccc2nc(-c3ccc(Cl)nc3)ccc2c1. The second kappa shape index (κ2) is 7.11. The second-order valence-corrected chi connectivity index (χ2v) is 7.26. The van der Waals surface area contributed by atoms with Gasteiger partial charge < -0.3 is 4.90 Å². The Kier molecular flexibility index (Phi) is 4.69. The van der Waals surface area contributed by atoms with E-state index in [1.165, 1.54) is 30.3 Å². The van der Waals surface area contributed by atoms with E-state index in [0.717, 1.165) is 35.8 Å². The molecule has 3 nitrogen and oxygen atoms in total. The maximum absolute atomic E-state index is 5.86. The van der Waals surface area contributed by atoms with Crippen molar-refractivity contribution < 1.29 is 0 Å². The van der Waals surface area contributed by atoms with Crippen LogP contribution in [0, 0.1) is 0 Å². The number of pyridine rings is 2. The first kappa shape index (κ1) is 16.5. The number of hydrogen-bond acceptors (Lipinski definition) is 3. The molecule has 2 aromatic heterocycles. The predicted octanol–water partition coefficient (Wildman–Crippen LogP) is 4.98. The van der Waals surface area contributed by atoms with E-state index in [4.69, 9.17) is 16.6 Å². The molecule has 4 rings (SSSR count). The molecular formula is C21H22ClN3. The number of likely N-dealkylation sites (tertiary alicyclic amines) is 1. The average molecular weight is 352 g/mol. The molecule has 128 valence electrons. The van der Waals surface area contributed by atoms with E-state index >= 15 is 0 Å². The summed E-state index contributed by atoms with van der Waals surface area (Å²) in [7, 11) is 0. The first-order valence-electron chi connectivity index (χ1n) is 8.95. The highest BCUT2D eigenvalue weighted by molar-refractivity contribution is 6.29. The van der Waals surface area contributed by atoms with Crippen LogP contribution in [0.5, 0.6) is 0 Å². The average Bonchev–Trinajstić information content (AvgIpc) is 3.05. The van der Waals surface area contributed by atoms with E-state index in [9.17, 15) is 0 Å². The van der Waals surface area contributed by atoms with E-state index in [0.29, 0.717) is 5.15 Å². The van der Waals surface area contributed by atoms with Gasteiger partial charge in [-0.25, -0.2) is 9.97 Å². The molecule has 3 aromatic rings. The Bertz CT molecular complexity index is 876. The Morgan fingerprint density at radius 3 is 2.84 bits per heavy atom. The molecule has 4 heteroatoms. The van der Waals surface area contributed by atoms with Crippen LogP contribution in [0.4, 0.5) is 0 Å². The molecule has 0 N–H and O–H groups in total. The second-order valence-electron chi connectivity index (χ2n) is 6.87. The zero-order valence-corrected chi connectivity index (χ0v) is 15.2. The van der Waals surface area contributed by atoms with Crippen LogP contribution in [-0.2, 0) is 6.42 Å². The minimum atomic E-state index is 0.501. The Balaban J connectivity index is 1.53. The molecule has 1 saturated heterocycles. The topological polar surface area (TPSA) is 29.0 Å². The molecule has 0 bridgehead atoms. The molecular weight excluding hydrogens is 330 g/mol. The van der Waals surface area contributed by atoms with Gasteiger partial charge in [-0.05, 0) is 68.6 Å². The summed E-state index contributed by atoms with van der Waals surface area (Å²) in [4.78, 5) is 11.5. The van der Waals surface area contributed by atoms with E-state index in [1.54, 1.807) is 12.3 Å². The lowest BCUT2D eigenvalue weighted by Gasteiger charge is -2.20. The summed E-state index contributed by atoms with van der Waals surface area (Å²) in [5, 5.41) is 1.69. The van der Waals surface area contributed by atoms with E-state index in [-0.39, 0.29) is 0 Å². The Morgan fingerprint density at radius 1 is 1.16 bits per heavy atom. The molecule has 0 radical (unpaired) electrons. The van der Waals surface area contributed by atoms with Crippen molar-refractivity contribution in [2.45, 2.75) is 32.2 Å². The molecule has 1 aliphatic heterocycles. The largest absolute Gasteiger partial charge is 0.300 e. The summed E-state index contributed by atoms with van der Waals surface area (Å²) in [6.45, 7) is 4.73. The van der Waals surface area contributed by atoms with Crippen LogP contribution in [0.2, 0.25) is 5.15 Å². The summed E-state index contributed by atoms with van der Waals surface area (Å²) in [5.41, 5.74) is 4.31. The Morgan fingerprint density at radius 2 is 2.08 bits per heavy atom. The number of benzene rings is 1. The van der Waals surface area contributed by atoms with Crippen molar-refractivity contribution in [2.24, 2.45) is 0 Å². The van der Waals surface area contributed by atoms with Crippen molar-refractivity contribution in [2.75, 3.05) is 13.1 Å². The third-order valence-corrected chi connectivity index (χ3v) is 5.38. The zero-order chi connectivity index (χ0) is 17.2. The molecule has 0 spiro atoms. The lowest BCUT2D eigenvalue weighted by Crippen LogP contribution is -2.28. The quantitative estimate of drug-likeness (QED) is 0.621. The summed E-state index contributed by atoms with van der Waals surface area (Å²) in [5.74, 6) is 0. The van der Waals surface area contributed by atoms with Gasteiger partial charge in [-0.2, -0.15) is 0 Å². The van der Waals surface area contributed by atoms with Crippen LogP contribution in [0.15, 0.2) is 48.7 Å². The maximum atomic E-state index is 5.86. The van der Waals surface area contributed by atoms with Gasteiger partial charge in [-0.15, -0.1) is 0 Å². The van der Waals surface area contributed by atoms with Gasteiger partial charge in [0.25, 0.3) is 0 Å². The molecule has 1 fully saturated rings. The zero-order valence-electron chi connectivity index (χ0n) is 14.5. The van der Waals surface area contributed by atoms with Crippen molar-refractivity contribution >= 4 is 22.5 Å². The summed E-state index contributed by atoms with van der Waals surface area (Å²) in [6.07, 6.45) is 5.54. The lowest BCUT2D eigenvalue weighted by atomic mass is 10.1. The minimum absolute atomic E-state index is 0.501. The fraction of sp³-hybridized carbons (Fsp3) is 0.333. The minimum Gasteiger partial charge on any atom is -0.300 e. The fourth-order valence-corrected chi connectivity index (χ4v) is 3.73. The first-order chi connectivity index (χ1) is 12.2. The summed E-state index contributed by atoms with van der Waals surface area (Å²) < 4.78 is 0. The van der Waals surface area contributed by atoms with Crippen molar-refractivity contribution in [3.05, 3.63) is 59.4 Å². The highest BCUT2D eigenvalue weighted by Gasteiger charge is 2.19. The highest BCUT2D eigenvalue weighted by Crippen LogP contribution is 2.23. The Hall–Kier alpha value is -1.97. The lowest BCUT2D eigenvalue weighted by molar-refractivity contribution is 0.272. The van der Waals surface area contributed by atoms with Crippen LogP contribution in [0.3, 0.4) is 0 Å². The number of aromatic nitrogens is 2. The van der Waals surface area contributed by atoms with Gasteiger partial charge in [0, 0.05) is 29.7 Å². The normalized spacial score (nSPS) is 18.1. The third-order valence-electron chi connectivity index (χ3n) is 5.16. The van der Waals surface area contributed by atoms with Crippen LogP contribution in [0.1, 0.15) is 25.3 Å². The number of nitrogens with zero attached hydrogens (tertiary/aromatic N) is 3. The van der Waals surface area contributed by atoms with Crippen molar-refractivity contribution in [1.82, 2.24) is 14.9 Å². The number of halogens is 1. The van der Waals surface area contributed by atoms with Gasteiger partial charge in [-0.3, -0.25) is 0 Å². The summed E-state index contributed by atoms with van der Waals surface area (Å²) in [6, 6.07) is 15.3. The van der Waals surface area contributed by atoms with Gasteiger partial charge in [0.05, 0.1) is 11.2 Å². The van der Waals surface area contributed by atoms with Crippen LogP contribution >= 0.6 is 11.6 Å². The van der Waals surface area contributed by atoms with Gasteiger partial charge in [0.15, 0.2) is 0 Å². The van der Waals surface area contributed by atoms with Gasteiger partial charge in [0.2, 0.25) is 0 Å². The fourth-order valence-electron chi connectivity index (χ4n) is 3.62. The van der Waals surface area contributed by atoms with Crippen molar-refractivity contribution in [3.8, 4) is 11.3 Å². The van der Waals surface area contributed by atoms with E-state index < -0.39 is 0 Å². The molecule has 1 aromatic carbocycles. The van der Waals surface area contributed by atoms with Gasteiger partial charge >= 0.3 is 0 Å². The molecule has 0 aliphatic carbocycles. The highest BCUT2D eigenvalue weighted by atomic mass is 35.5. The first-order valence-corrected chi connectivity index (χ1v) is 9.32. The maximum Gasteiger partial charge on any atom is 0.129 e. The van der Waals surface area contributed by atoms with Crippen LogP contribution < -0.4 is 0 Å². The molecule has 1 atom stereocenters. The van der Waals surface area contributed by atoms with Gasteiger partial charge in [0.1, 0.15) is 5.15 Å². The molecule has 0 saturated carbocycles. The number of rotatable bonds is 4. The molecule has 1 unspecified atom stereocenters. The Labute approximate surface area is 153 Å². The van der Waals surface area contributed by atoms with Gasteiger partial charge in [-0.1, -0.05) is 23.7 Å². The third kappa shape index (κ3) is 3.68. The van der Waals surface area contributed by atoms with E-state index in [2.05, 4.69) is 47.1 Å². The van der Waals surface area contributed by atoms with Crippen LogP contribution in [-0.4, -0.2) is 34.0 Å². The predicted molar refractivity (Wildman–Crippen MR) is 104 cm³/mol.